The molecule has 1 aromatic rings. The first-order chi connectivity index (χ1) is 9.76. The summed E-state index contributed by atoms with van der Waals surface area (Å²) < 4.78 is 63.2. The molecule has 1 fully saturated rings. The van der Waals surface area contributed by atoms with Gasteiger partial charge in [0.1, 0.15) is 11.5 Å². The normalized spacial score (nSPS) is 18.0. The summed E-state index contributed by atoms with van der Waals surface area (Å²) in [6.45, 7) is -0.259. The number of nitrogens with zero attached hydrogens (tertiary/aromatic N) is 1. The minimum atomic E-state index is -4.51. The number of alkyl halides is 3. The molecule has 1 heterocycles. The van der Waals surface area contributed by atoms with Crippen molar-refractivity contribution in [2.75, 3.05) is 5.75 Å². The minimum Gasteiger partial charge on any atom is -0.337 e. The van der Waals surface area contributed by atoms with Crippen LogP contribution in [0.4, 0.5) is 13.2 Å². The van der Waals surface area contributed by atoms with Crippen LogP contribution in [0.2, 0.25) is 0 Å². The molecule has 9 heteroatoms. The second kappa shape index (κ2) is 6.35. The molecule has 0 radical (unpaired) electrons. The summed E-state index contributed by atoms with van der Waals surface area (Å²) >= 11 is 0. The van der Waals surface area contributed by atoms with Crippen LogP contribution in [-0.2, 0) is 22.7 Å². The molecule has 0 atom stereocenters. The first-order valence-corrected chi connectivity index (χ1v) is 8.50. The summed E-state index contributed by atoms with van der Waals surface area (Å²) in [6, 6.07) is 0. The van der Waals surface area contributed by atoms with Gasteiger partial charge in [0.25, 0.3) is 0 Å². The van der Waals surface area contributed by atoms with E-state index in [-0.39, 0.29) is 24.0 Å². The van der Waals surface area contributed by atoms with Crippen LogP contribution < -0.4 is 4.72 Å². The lowest BCUT2D eigenvalue weighted by Crippen LogP contribution is -2.30. The average Bonchev–Trinajstić information content (AvgIpc) is 2.86. The molecule has 0 saturated heterocycles. The van der Waals surface area contributed by atoms with Gasteiger partial charge in [-0.2, -0.15) is 13.2 Å². The molecule has 0 spiro atoms. The highest BCUT2D eigenvalue weighted by molar-refractivity contribution is 7.89. The van der Waals surface area contributed by atoms with Gasteiger partial charge in [-0.25, -0.2) is 18.1 Å². The van der Waals surface area contributed by atoms with Crippen LogP contribution in [0.1, 0.15) is 43.6 Å². The lowest BCUT2D eigenvalue weighted by Gasteiger charge is -2.21. The van der Waals surface area contributed by atoms with Crippen molar-refractivity contribution in [3.05, 3.63) is 17.7 Å². The van der Waals surface area contributed by atoms with Crippen molar-refractivity contribution in [3.63, 3.8) is 0 Å². The number of nitrogens with one attached hydrogen (secondary N) is 2. The molecular weight excluding hydrogens is 307 g/mol. The number of aromatic nitrogens is 2. The molecule has 1 aliphatic carbocycles. The summed E-state index contributed by atoms with van der Waals surface area (Å²) in [5.74, 6) is 0.118. The predicted molar refractivity (Wildman–Crippen MR) is 70.8 cm³/mol. The molecule has 1 aromatic heterocycles. The fourth-order valence-electron chi connectivity index (χ4n) is 2.50. The molecule has 0 bridgehead atoms. The fraction of sp³-hybridized carbons (Fsp3) is 0.750. The third kappa shape index (κ3) is 4.99. The van der Waals surface area contributed by atoms with Gasteiger partial charge in [0.05, 0.1) is 18.5 Å². The third-order valence-corrected chi connectivity index (χ3v) is 5.07. The van der Waals surface area contributed by atoms with Gasteiger partial charge in [-0.3, -0.25) is 0 Å². The lowest BCUT2D eigenvalue weighted by atomic mass is 9.91. The summed E-state index contributed by atoms with van der Waals surface area (Å²) in [5.41, 5.74) is -0.982. The fourth-order valence-corrected chi connectivity index (χ4v) is 3.93. The van der Waals surface area contributed by atoms with Crippen molar-refractivity contribution < 1.29 is 21.6 Å². The van der Waals surface area contributed by atoms with E-state index < -0.39 is 21.9 Å². The maximum absolute atomic E-state index is 12.4. The summed E-state index contributed by atoms with van der Waals surface area (Å²) in [5, 5.41) is 0. The average molecular weight is 325 g/mol. The topological polar surface area (TPSA) is 74.8 Å². The van der Waals surface area contributed by atoms with E-state index >= 15 is 0 Å². The second-order valence-corrected chi connectivity index (χ2v) is 7.20. The van der Waals surface area contributed by atoms with Gasteiger partial charge >= 0.3 is 6.18 Å². The standard InChI is InChI=1S/C12H18F3N3O2S/c13-12(14,15)10-6-16-11(18-10)7-17-21(19,20)8-9-4-2-1-3-5-9/h6,9,17H,1-5,7-8H2,(H,16,18). The number of halogens is 3. The molecule has 0 amide bonds. The van der Waals surface area contributed by atoms with E-state index in [9.17, 15) is 21.6 Å². The minimum absolute atomic E-state index is 0.0276. The van der Waals surface area contributed by atoms with Crippen LogP contribution in [0.3, 0.4) is 0 Å². The van der Waals surface area contributed by atoms with E-state index in [4.69, 9.17) is 0 Å². The Balaban J connectivity index is 1.87. The van der Waals surface area contributed by atoms with E-state index in [1.54, 1.807) is 0 Å². The van der Waals surface area contributed by atoms with Crippen LogP contribution in [0.25, 0.3) is 0 Å². The Morgan fingerprint density at radius 3 is 2.52 bits per heavy atom. The molecule has 120 valence electrons. The Kier molecular flexibility index (Phi) is 4.92. The monoisotopic (exact) mass is 325 g/mol. The number of hydrogen-bond acceptors (Lipinski definition) is 3. The quantitative estimate of drug-likeness (QED) is 0.873. The van der Waals surface area contributed by atoms with Gasteiger partial charge in [0.2, 0.25) is 10.0 Å². The van der Waals surface area contributed by atoms with Crippen LogP contribution in [0.15, 0.2) is 6.20 Å². The van der Waals surface area contributed by atoms with E-state index in [0.717, 1.165) is 32.1 Å². The summed E-state index contributed by atoms with van der Waals surface area (Å²) in [7, 11) is -3.50. The first-order valence-electron chi connectivity index (χ1n) is 6.85. The number of sulfonamides is 1. The predicted octanol–water partition coefficient (Wildman–Crippen LogP) is 2.43. The second-order valence-electron chi connectivity index (χ2n) is 5.35. The number of imidazole rings is 1. The van der Waals surface area contributed by atoms with Crippen LogP contribution in [0.5, 0.6) is 0 Å². The van der Waals surface area contributed by atoms with E-state index in [0.29, 0.717) is 6.20 Å². The third-order valence-electron chi connectivity index (χ3n) is 3.57. The Labute approximate surface area is 121 Å². The Morgan fingerprint density at radius 1 is 1.29 bits per heavy atom. The smallest absolute Gasteiger partial charge is 0.337 e. The zero-order valence-electron chi connectivity index (χ0n) is 11.4. The largest absolute Gasteiger partial charge is 0.432 e. The molecule has 0 unspecified atom stereocenters. The molecule has 5 nitrogen and oxygen atoms in total. The summed E-state index contributed by atoms with van der Waals surface area (Å²) in [6.07, 6.45) is 1.13. The molecular formula is C12H18F3N3O2S. The zero-order chi connectivity index (χ0) is 15.5. The Morgan fingerprint density at radius 2 is 1.95 bits per heavy atom. The number of aromatic amines is 1. The highest BCUT2D eigenvalue weighted by Crippen LogP contribution is 2.27. The molecule has 0 aliphatic heterocycles. The van der Waals surface area contributed by atoms with E-state index in [2.05, 4.69) is 14.7 Å². The van der Waals surface area contributed by atoms with Crippen molar-refractivity contribution in [2.24, 2.45) is 5.92 Å². The van der Waals surface area contributed by atoms with Crippen molar-refractivity contribution in [1.82, 2.24) is 14.7 Å². The Hall–Kier alpha value is -1.09. The van der Waals surface area contributed by atoms with Gasteiger partial charge in [-0.15, -0.1) is 0 Å². The molecule has 21 heavy (non-hydrogen) atoms. The Bertz CT molecular complexity index is 563. The zero-order valence-corrected chi connectivity index (χ0v) is 12.2. The SMILES string of the molecule is O=S(=O)(CC1CCCCC1)NCc1ncc(C(F)(F)F)[nH]1. The molecule has 2 N–H and O–H groups in total. The van der Waals surface area contributed by atoms with Gasteiger partial charge in [0, 0.05) is 0 Å². The number of hydrogen-bond donors (Lipinski definition) is 2. The van der Waals surface area contributed by atoms with Crippen molar-refractivity contribution in [3.8, 4) is 0 Å². The van der Waals surface area contributed by atoms with Crippen LogP contribution in [-0.4, -0.2) is 24.1 Å². The maximum atomic E-state index is 12.4. The number of rotatable bonds is 5. The van der Waals surface area contributed by atoms with Gasteiger partial charge in [-0.1, -0.05) is 19.3 Å². The van der Waals surface area contributed by atoms with Gasteiger partial charge in [0.15, 0.2) is 0 Å². The maximum Gasteiger partial charge on any atom is 0.432 e. The van der Waals surface area contributed by atoms with Crippen LogP contribution in [0, 0.1) is 5.92 Å². The highest BCUT2D eigenvalue weighted by Gasteiger charge is 2.33. The molecule has 1 saturated carbocycles. The summed E-state index contributed by atoms with van der Waals surface area (Å²) in [4.78, 5) is 5.60. The molecule has 0 aromatic carbocycles. The van der Waals surface area contributed by atoms with Crippen molar-refractivity contribution in [1.29, 1.82) is 0 Å². The highest BCUT2D eigenvalue weighted by atomic mass is 32.2. The first kappa shape index (κ1) is 16.3. The van der Waals surface area contributed by atoms with E-state index in [1.807, 2.05) is 0 Å². The van der Waals surface area contributed by atoms with Crippen LogP contribution >= 0.6 is 0 Å². The van der Waals surface area contributed by atoms with Gasteiger partial charge < -0.3 is 4.98 Å². The van der Waals surface area contributed by atoms with E-state index in [1.165, 1.54) is 0 Å². The van der Waals surface area contributed by atoms with Crippen molar-refractivity contribution in [2.45, 2.75) is 44.8 Å². The number of H-pyrrole nitrogens is 1. The van der Waals surface area contributed by atoms with Crippen molar-refractivity contribution >= 4 is 10.0 Å². The van der Waals surface area contributed by atoms with Gasteiger partial charge in [-0.05, 0) is 18.8 Å². The molecule has 2 rings (SSSR count). The molecule has 1 aliphatic rings. The lowest BCUT2D eigenvalue weighted by molar-refractivity contribution is -0.140.